The van der Waals surface area contributed by atoms with Crippen LogP contribution >= 0.6 is 0 Å². The van der Waals surface area contributed by atoms with E-state index in [1.165, 1.54) is 10.6 Å². The average molecular weight is 437 g/mol. The van der Waals surface area contributed by atoms with Gasteiger partial charge in [0.05, 0.1) is 39.9 Å². The number of aryl methyl sites for hydroxylation is 1. The zero-order valence-electron chi connectivity index (χ0n) is 18.4. The Kier molecular flexibility index (Phi) is 4.61. The van der Waals surface area contributed by atoms with Crippen LogP contribution in [0.15, 0.2) is 71.9 Å². The molecule has 0 atom stereocenters. The quantitative estimate of drug-likeness (QED) is 0.403. The predicted octanol–water partition coefficient (Wildman–Crippen LogP) is 4.88. The van der Waals surface area contributed by atoms with Gasteiger partial charge in [-0.1, -0.05) is 18.2 Å². The molecule has 0 saturated heterocycles. The average Bonchev–Trinajstić information content (AvgIpc) is 3.09. The number of nitrogens with zero attached hydrogens (tertiary/aromatic N) is 5. The highest BCUT2D eigenvalue weighted by atomic mass is 19.1. The van der Waals surface area contributed by atoms with Gasteiger partial charge in [0.25, 0.3) is 0 Å². The minimum absolute atomic E-state index is 0.237. The standard InChI is InChI=1S/C26H20FN5O/c1-26(2,15-28)17-6-8-18(9-7-17)32-24-20-11-19(16-5-4-10-29-13-16)21(27)12-22(20)30-14-23(24)31(3)25(32)33/h4-14H,1-3H3. The van der Waals surface area contributed by atoms with E-state index >= 15 is 0 Å². The number of fused-ring (bicyclic) bond motifs is 3. The summed E-state index contributed by atoms with van der Waals surface area (Å²) < 4.78 is 18.1. The Bertz CT molecular complexity index is 1620. The van der Waals surface area contributed by atoms with Crippen LogP contribution in [-0.4, -0.2) is 19.1 Å². The summed E-state index contributed by atoms with van der Waals surface area (Å²) >= 11 is 0. The van der Waals surface area contributed by atoms with E-state index in [9.17, 15) is 14.4 Å². The Labute approximate surface area is 189 Å². The highest BCUT2D eigenvalue weighted by Gasteiger charge is 2.21. The summed E-state index contributed by atoms with van der Waals surface area (Å²) in [6, 6.07) is 16.3. The number of hydrogen-bond acceptors (Lipinski definition) is 4. The lowest BCUT2D eigenvalue weighted by Crippen LogP contribution is -2.21. The maximum atomic E-state index is 14.9. The molecular weight excluding hydrogens is 417 g/mol. The van der Waals surface area contributed by atoms with Crippen molar-refractivity contribution in [2.45, 2.75) is 19.3 Å². The van der Waals surface area contributed by atoms with Crippen molar-refractivity contribution in [1.29, 1.82) is 5.26 Å². The van der Waals surface area contributed by atoms with Gasteiger partial charge in [0, 0.05) is 42.0 Å². The molecule has 0 N–H and O–H groups in total. The van der Waals surface area contributed by atoms with Gasteiger partial charge in [0.15, 0.2) is 0 Å². The van der Waals surface area contributed by atoms with Gasteiger partial charge in [-0.15, -0.1) is 0 Å². The van der Waals surface area contributed by atoms with Gasteiger partial charge in [-0.05, 0) is 43.7 Å². The Hall–Kier alpha value is -4.31. The first-order chi connectivity index (χ1) is 15.8. The van der Waals surface area contributed by atoms with Crippen molar-refractivity contribution < 1.29 is 4.39 Å². The van der Waals surface area contributed by atoms with Crippen LogP contribution in [0.3, 0.4) is 0 Å². The van der Waals surface area contributed by atoms with Gasteiger partial charge < -0.3 is 0 Å². The lowest BCUT2D eigenvalue weighted by atomic mass is 9.86. The number of aromatic nitrogens is 4. The molecular formula is C26H20FN5O. The number of hydrogen-bond donors (Lipinski definition) is 0. The second-order valence-corrected chi connectivity index (χ2v) is 8.54. The summed E-state index contributed by atoms with van der Waals surface area (Å²) in [4.78, 5) is 21.8. The molecule has 0 aliphatic rings. The van der Waals surface area contributed by atoms with Crippen molar-refractivity contribution in [3.05, 3.63) is 89.0 Å². The third-order valence-corrected chi connectivity index (χ3v) is 6.07. The van der Waals surface area contributed by atoms with Crippen LogP contribution in [0.25, 0.3) is 38.8 Å². The number of imidazole rings is 1. The first-order valence-electron chi connectivity index (χ1n) is 10.4. The first kappa shape index (κ1) is 20.6. The molecule has 5 rings (SSSR count). The number of halogens is 1. The van der Waals surface area contributed by atoms with Crippen LogP contribution in [0.5, 0.6) is 0 Å². The second kappa shape index (κ2) is 7.38. The Morgan fingerprint density at radius 1 is 1.09 bits per heavy atom. The molecule has 0 unspecified atom stereocenters. The van der Waals surface area contributed by atoms with Crippen molar-refractivity contribution >= 4 is 21.9 Å². The van der Waals surface area contributed by atoms with Crippen LogP contribution in [0, 0.1) is 17.1 Å². The van der Waals surface area contributed by atoms with E-state index < -0.39 is 11.2 Å². The summed E-state index contributed by atoms with van der Waals surface area (Å²) in [6.07, 6.45) is 4.83. The monoisotopic (exact) mass is 437 g/mol. The highest BCUT2D eigenvalue weighted by Crippen LogP contribution is 2.32. The normalized spacial score (nSPS) is 11.7. The molecule has 0 fully saturated rings. The maximum Gasteiger partial charge on any atom is 0.333 e. The van der Waals surface area contributed by atoms with Gasteiger partial charge in [0.1, 0.15) is 5.82 Å². The molecule has 0 aliphatic carbocycles. The van der Waals surface area contributed by atoms with Crippen LogP contribution in [0.2, 0.25) is 0 Å². The predicted molar refractivity (Wildman–Crippen MR) is 126 cm³/mol. The summed E-state index contributed by atoms with van der Waals surface area (Å²) in [5, 5.41) is 10.1. The fourth-order valence-electron chi connectivity index (χ4n) is 4.09. The van der Waals surface area contributed by atoms with Crippen LogP contribution in [0.1, 0.15) is 19.4 Å². The van der Waals surface area contributed by atoms with Gasteiger partial charge in [-0.25, -0.2) is 9.18 Å². The maximum absolute atomic E-state index is 14.9. The summed E-state index contributed by atoms with van der Waals surface area (Å²) in [6.45, 7) is 3.69. The molecule has 3 aromatic heterocycles. The van der Waals surface area contributed by atoms with Crippen molar-refractivity contribution in [3.63, 3.8) is 0 Å². The number of rotatable bonds is 3. The first-order valence-corrected chi connectivity index (χ1v) is 10.4. The van der Waals surface area contributed by atoms with Gasteiger partial charge in [-0.3, -0.25) is 19.1 Å². The molecule has 7 heteroatoms. The molecule has 0 bridgehead atoms. The van der Waals surface area contributed by atoms with E-state index in [2.05, 4.69) is 16.0 Å². The van der Waals surface area contributed by atoms with Crippen LogP contribution in [0.4, 0.5) is 4.39 Å². The van der Waals surface area contributed by atoms with Gasteiger partial charge in [-0.2, -0.15) is 5.26 Å². The molecule has 6 nitrogen and oxygen atoms in total. The van der Waals surface area contributed by atoms with E-state index in [1.54, 1.807) is 48.4 Å². The fraction of sp³-hybridized carbons (Fsp3) is 0.154. The highest BCUT2D eigenvalue weighted by molar-refractivity contribution is 6.04. The Morgan fingerprint density at radius 3 is 2.52 bits per heavy atom. The Morgan fingerprint density at radius 2 is 1.85 bits per heavy atom. The third-order valence-electron chi connectivity index (χ3n) is 6.07. The summed E-state index contributed by atoms with van der Waals surface area (Å²) in [5.74, 6) is -0.407. The lowest BCUT2D eigenvalue weighted by molar-refractivity contribution is 0.633. The van der Waals surface area contributed by atoms with E-state index in [4.69, 9.17) is 0 Å². The number of nitriles is 1. The zero-order valence-corrected chi connectivity index (χ0v) is 18.4. The van der Waals surface area contributed by atoms with Gasteiger partial charge >= 0.3 is 5.69 Å². The lowest BCUT2D eigenvalue weighted by Gasteiger charge is -2.16. The third kappa shape index (κ3) is 3.19. The van der Waals surface area contributed by atoms with Gasteiger partial charge in [0.2, 0.25) is 0 Å². The molecule has 162 valence electrons. The number of benzene rings is 2. The van der Waals surface area contributed by atoms with E-state index in [0.717, 1.165) is 5.56 Å². The fourth-order valence-corrected chi connectivity index (χ4v) is 4.09. The van der Waals surface area contributed by atoms with Crippen LogP contribution < -0.4 is 5.69 Å². The zero-order chi connectivity index (χ0) is 23.3. The largest absolute Gasteiger partial charge is 0.333 e. The molecule has 33 heavy (non-hydrogen) atoms. The van der Waals surface area contributed by atoms with Crippen molar-refractivity contribution in [3.8, 4) is 22.9 Å². The summed E-state index contributed by atoms with van der Waals surface area (Å²) in [5.41, 5.74) is 3.39. The SMILES string of the molecule is Cn1c(=O)n(-c2ccc(C(C)(C)C#N)cc2)c2c3cc(-c4cccnc4)c(F)cc3ncc21. The minimum Gasteiger partial charge on any atom is -0.293 e. The molecule has 5 aromatic rings. The van der Waals surface area contributed by atoms with E-state index in [1.807, 2.05) is 38.1 Å². The Balaban J connectivity index is 1.82. The molecule has 0 spiro atoms. The van der Waals surface area contributed by atoms with Crippen molar-refractivity contribution in [1.82, 2.24) is 19.1 Å². The topological polar surface area (TPSA) is 76.5 Å². The van der Waals surface area contributed by atoms with Crippen molar-refractivity contribution in [2.75, 3.05) is 0 Å². The van der Waals surface area contributed by atoms with Crippen molar-refractivity contribution in [2.24, 2.45) is 7.05 Å². The molecule has 0 amide bonds. The molecule has 0 aliphatic heterocycles. The molecule has 0 radical (unpaired) electrons. The molecule has 3 heterocycles. The van der Waals surface area contributed by atoms with Crippen LogP contribution in [-0.2, 0) is 12.5 Å². The van der Waals surface area contributed by atoms with E-state index in [-0.39, 0.29) is 5.69 Å². The van der Waals surface area contributed by atoms with E-state index in [0.29, 0.717) is 38.8 Å². The smallest absolute Gasteiger partial charge is 0.293 e. The summed E-state index contributed by atoms with van der Waals surface area (Å²) in [7, 11) is 1.69. The molecule has 0 saturated carbocycles. The molecule has 2 aromatic carbocycles. The number of pyridine rings is 2. The minimum atomic E-state index is -0.644. The second-order valence-electron chi connectivity index (χ2n) is 8.54.